The zero-order valence-corrected chi connectivity index (χ0v) is 17.5. The summed E-state index contributed by atoms with van der Waals surface area (Å²) in [5, 5.41) is 6.19. The first-order chi connectivity index (χ1) is 15.0. The lowest BCUT2D eigenvalue weighted by Gasteiger charge is -2.36. The third kappa shape index (κ3) is 4.11. The van der Waals surface area contributed by atoms with Crippen LogP contribution >= 0.6 is 11.8 Å². The van der Waals surface area contributed by atoms with Gasteiger partial charge < -0.3 is 5.73 Å². The van der Waals surface area contributed by atoms with Crippen molar-refractivity contribution in [2.24, 2.45) is 10.8 Å². The van der Waals surface area contributed by atoms with Crippen LogP contribution in [0.15, 0.2) is 84.0 Å². The van der Waals surface area contributed by atoms with E-state index in [1.165, 1.54) is 16.8 Å². The highest BCUT2D eigenvalue weighted by atomic mass is 32.2. The van der Waals surface area contributed by atoms with Crippen LogP contribution in [0.4, 0.5) is 8.78 Å². The number of carbonyl (C=O) groups is 1. The Labute approximate surface area is 183 Å². The molecule has 1 amide bonds. The van der Waals surface area contributed by atoms with E-state index >= 15 is 0 Å². The van der Waals surface area contributed by atoms with Crippen molar-refractivity contribution in [3.63, 3.8) is 0 Å². The van der Waals surface area contributed by atoms with Gasteiger partial charge in [0.05, 0.1) is 0 Å². The lowest BCUT2D eigenvalue weighted by Crippen LogP contribution is -2.41. The van der Waals surface area contributed by atoms with E-state index in [0.717, 1.165) is 23.8 Å². The van der Waals surface area contributed by atoms with E-state index in [1.807, 2.05) is 36.4 Å². The average molecular weight is 438 g/mol. The number of benzene rings is 3. The van der Waals surface area contributed by atoms with Crippen LogP contribution in [0.5, 0.6) is 0 Å². The van der Waals surface area contributed by atoms with Gasteiger partial charge in [-0.05, 0) is 55.3 Å². The monoisotopic (exact) mass is 437 g/mol. The predicted molar refractivity (Wildman–Crippen MR) is 120 cm³/mol. The molecule has 1 atom stereocenters. The summed E-state index contributed by atoms with van der Waals surface area (Å²) < 4.78 is 28.5. The number of hydrogen-bond acceptors (Lipinski definition) is 4. The molecule has 0 spiro atoms. The molecule has 1 unspecified atom stereocenters. The highest BCUT2D eigenvalue weighted by Gasteiger charge is 2.48. The highest BCUT2D eigenvalue weighted by molar-refractivity contribution is 8.15. The van der Waals surface area contributed by atoms with Crippen molar-refractivity contribution < 1.29 is 13.6 Å². The Morgan fingerprint density at radius 1 is 1.00 bits per heavy atom. The first kappa shape index (κ1) is 21.2. The first-order valence-corrected chi connectivity index (χ1v) is 10.7. The summed E-state index contributed by atoms with van der Waals surface area (Å²) in [6, 6.07) is 21.5. The molecular formula is C24H21F2N3OS. The molecule has 7 heteroatoms. The lowest BCUT2D eigenvalue weighted by atomic mass is 9.99. The van der Waals surface area contributed by atoms with Crippen LogP contribution in [-0.2, 0) is 4.87 Å². The number of nitrogens with two attached hydrogens (primary N) is 1. The fourth-order valence-corrected chi connectivity index (χ4v) is 5.02. The molecule has 0 saturated carbocycles. The largest absolute Gasteiger partial charge is 0.330 e. The van der Waals surface area contributed by atoms with Crippen molar-refractivity contribution in [2.75, 3.05) is 6.54 Å². The number of hydrogen-bond donors (Lipinski definition) is 1. The number of thioether (sulfide) groups is 1. The van der Waals surface area contributed by atoms with Gasteiger partial charge in [-0.3, -0.25) is 4.79 Å². The Morgan fingerprint density at radius 2 is 1.68 bits per heavy atom. The molecule has 158 valence electrons. The van der Waals surface area contributed by atoms with E-state index in [0.29, 0.717) is 24.9 Å². The Balaban J connectivity index is 1.87. The first-order valence-electron chi connectivity index (χ1n) is 9.93. The van der Waals surface area contributed by atoms with Gasteiger partial charge in [-0.1, -0.05) is 60.3 Å². The van der Waals surface area contributed by atoms with E-state index in [1.54, 1.807) is 24.3 Å². The highest BCUT2D eigenvalue weighted by Crippen LogP contribution is 2.51. The van der Waals surface area contributed by atoms with Gasteiger partial charge in [0, 0.05) is 11.1 Å². The maximum atomic E-state index is 14.6. The van der Waals surface area contributed by atoms with Crippen LogP contribution in [0.25, 0.3) is 0 Å². The fraction of sp³-hybridized carbons (Fsp3) is 0.167. The van der Waals surface area contributed by atoms with Crippen molar-refractivity contribution in [2.45, 2.75) is 17.7 Å². The van der Waals surface area contributed by atoms with Gasteiger partial charge in [-0.25, -0.2) is 13.8 Å². The summed E-state index contributed by atoms with van der Waals surface area (Å²) in [6.07, 6.45) is 1.12. The maximum absolute atomic E-state index is 14.6. The van der Waals surface area contributed by atoms with Crippen LogP contribution in [0.3, 0.4) is 0 Å². The minimum absolute atomic E-state index is 0.0291. The van der Waals surface area contributed by atoms with Crippen molar-refractivity contribution in [1.29, 1.82) is 0 Å². The Bertz CT molecular complexity index is 1110. The molecule has 1 aliphatic heterocycles. The van der Waals surface area contributed by atoms with Crippen molar-refractivity contribution in [3.8, 4) is 0 Å². The van der Waals surface area contributed by atoms with Crippen molar-refractivity contribution in [1.82, 2.24) is 5.01 Å². The number of nitrogens with zero attached hydrogens (tertiary/aromatic N) is 2. The van der Waals surface area contributed by atoms with Gasteiger partial charge in [0.1, 0.15) is 21.5 Å². The summed E-state index contributed by atoms with van der Waals surface area (Å²) in [6.45, 7) is 0.423. The zero-order chi connectivity index (χ0) is 21.8. The summed E-state index contributed by atoms with van der Waals surface area (Å²) in [5.41, 5.74) is 7.14. The molecule has 4 nitrogen and oxygen atoms in total. The second-order valence-electron chi connectivity index (χ2n) is 7.16. The third-order valence-corrected chi connectivity index (χ3v) is 6.56. The average Bonchev–Trinajstić information content (AvgIpc) is 3.20. The van der Waals surface area contributed by atoms with E-state index < -0.39 is 16.5 Å². The molecule has 0 fully saturated rings. The third-order valence-electron chi connectivity index (χ3n) is 5.12. The Kier molecular flexibility index (Phi) is 6.15. The van der Waals surface area contributed by atoms with Crippen LogP contribution in [0.2, 0.25) is 0 Å². The number of hydrazone groups is 1. The molecule has 4 rings (SSSR count). The van der Waals surface area contributed by atoms with Gasteiger partial charge in [0.15, 0.2) is 0 Å². The molecule has 0 aliphatic carbocycles. The van der Waals surface area contributed by atoms with Crippen molar-refractivity contribution in [3.05, 3.63) is 107 Å². The quantitative estimate of drug-likeness (QED) is 0.583. The molecule has 31 heavy (non-hydrogen) atoms. The number of halogens is 2. The SMILES string of the molecule is NCCCC1(c2ccccc2)SC(c2cc(F)ccc2F)=NN1C(=O)c1ccccc1. The maximum Gasteiger partial charge on any atom is 0.275 e. The molecule has 0 saturated heterocycles. The molecule has 3 aromatic rings. The molecule has 1 heterocycles. The number of rotatable bonds is 6. The van der Waals surface area contributed by atoms with Gasteiger partial charge in [0.25, 0.3) is 5.91 Å². The molecule has 3 aromatic carbocycles. The minimum atomic E-state index is -0.929. The zero-order valence-electron chi connectivity index (χ0n) is 16.7. The lowest BCUT2D eigenvalue weighted by molar-refractivity contribution is 0.0638. The van der Waals surface area contributed by atoms with Crippen molar-refractivity contribution >= 4 is 22.7 Å². The molecule has 0 aromatic heterocycles. The normalized spacial score (nSPS) is 18.2. The molecule has 0 bridgehead atoms. The van der Waals surface area contributed by atoms with E-state index in [2.05, 4.69) is 5.10 Å². The van der Waals surface area contributed by atoms with E-state index in [4.69, 9.17) is 5.73 Å². The number of carbonyl (C=O) groups excluding carboxylic acids is 1. The molecule has 2 N–H and O–H groups in total. The molecule has 0 radical (unpaired) electrons. The predicted octanol–water partition coefficient (Wildman–Crippen LogP) is 5.11. The Hall–Kier alpha value is -3.03. The fourth-order valence-electron chi connectivity index (χ4n) is 3.60. The molecular weight excluding hydrogens is 416 g/mol. The summed E-state index contributed by atoms with van der Waals surface area (Å²) in [7, 11) is 0. The smallest absolute Gasteiger partial charge is 0.275 e. The summed E-state index contributed by atoms with van der Waals surface area (Å²) in [4.78, 5) is 12.6. The van der Waals surface area contributed by atoms with Crippen LogP contribution in [0.1, 0.15) is 34.3 Å². The van der Waals surface area contributed by atoms with Crippen LogP contribution < -0.4 is 5.73 Å². The summed E-state index contributed by atoms with van der Waals surface area (Å²) in [5.74, 6) is -1.48. The van der Waals surface area contributed by atoms with Gasteiger partial charge in [0.2, 0.25) is 0 Å². The second kappa shape index (κ2) is 8.99. The number of amides is 1. The van der Waals surface area contributed by atoms with E-state index in [9.17, 15) is 13.6 Å². The van der Waals surface area contributed by atoms with Gasteiger partial charge >= 0.3 is 0 Å². The molecule has 1 aliphatic rings. The minimum Gasteiger partial charge on any atom is -0.330 e. The van der Waals surface area contributed by atoms with Crippen LogP contribution in [-0.4, -0.2) is 22.5 Å². The summed E-state index contributed by atoms with van der Waals surface area (Å²) >= 11 is 1.25. The standard InChI is InChI=1S/C24H21F2N3OS/c25-19-12-13-21(26)20(16-19)22-28-29(23(30)17-8-3-1-4-9-17)24(31-22,14-7-15-27)18-10-5-2-6-11-18/h1-6,8-13,16H,7,14-15,27H2. The second-order valence-corrected chi connectivity index (χ2v) is 8.42. The van der Waals surface area contributed by atoms with Crippen LogP contribution in [0, 0.1) is 11.6 Å². The Morgan fingerprint density at radius 3 is 2.35 bits per heavy atom. The van der Waals surface area contributed by atoms with Gasteiger partial charge in [-0.15, -0.1) is 0 Å². The van der Waals surface area contributed by atoms with E-state index in [-0.39, 0.29) is 16.5 Å². The topological polar surface area (TPSA) is 58.7 Å². The van der Waals surface area contributed by atoms with Gasteiger partial charge in [-0.2, -0.15) is 5.10 Å².